The Labute approximate surface area is 170 Å². The van der Waals surface area contributed by atoms with Crippen LogP contribution in [0.3, 0.4) is 0 Å². The van der Waals surface area contributed by atoms with E-state index in [4.69, 9.17) is 9.47 Å². The number of methoxy groups -OCH3 is 1. The molecule has 29 heavy (non-hydrogen) atoms. The number of nitrogens with one attached hydrogen (secondary N) is 1. The van der Waals surface area contributed by atoms with Crippen LogP contribution in [-0.4, -0.2) is 67.1 Å². The molecule has 0 atom stereocenters. The van der Waals surface area contributed by atoms with Crippen LogP contribution in [0.25, 0.3) is 22.0 Å². The fraction of sp³-hybridized carbons (Fsp3) is 0.364. The molecule has 1 aromatic heterocycles. The van der Waals surface area contributed by atoms with E-state index in [0.717, 1.165) is 60.6 Å². The highest BCUT2D eigenvalue weighted by molar-refractivity contribution is 5.94. The van der Waals surface area contributed by atoms with Gasteiger partial charge in [0.25, 0.3) is 5.91 Å². The highest BCUT2D eigenvalue weighted by atomic mass is 16.5. The van der Waals surface area contributed by atoms with Crippen molar-refractivity contribution >= 4 is 16.7 Å². The number of benzene rings is 2. The second kappa shape index (κ2) is 8.63. The molecule has 1 amide bonds. The largest absolute Gasteiger partial charge is 0.497 e. The number of ether oxygens (including phenoxy) is 2. The zero-order valence-corrected chi connectivity index (χ0v) is 16.9. The number of fused-ring (bicyclic) bond motifs is 1. The van der Waals surface area contributed by atoms with Crippen molar-refractivity contribution in [2.45, 2.75) is 0 Å². The minimum Gasteiger partial charge on any atom is -0.497 e. The standard InChI is InChI=1S/C22H26N4O3/c1-25-21(18-4-3-17-14-19(28-2)6-5-16(17)13-18)15-20(24-25)22(27)23-7-8-26-9-11-29-12-10-26/h3-6,13-15H,7-12H2,1-2H3,(H,23,27). The fourth-order valence-corrected chi connectivity index (χ4v) is 3.60. The molecule has 0 aliphatic carbocycles. The minimum absolute atomic E-state index is 0.148. The first kappa shape index (κ1) is 19.4. The molecule has 2 aromatic carbocycles. The summed E-state index contributed by atoms with van der Waals surface area (Å²) >= 11 is 0. The number of hydrogen-bond acceptors (Lipinski definition) is 5. The molecule has 4 rings (SSSR count). The number of morpholine rings is 1. The zero-order valence-electron chi connectivity index (χ0n) is 16.9. The van der Waals surface area contributed by atoms with Crippen LogP contribution >= 0.6 is 0 Å². The van der Waals surface area contributed by atoms with Crippen molar-refractivity contribution in [1.29, 1.82) is 0 Å². The lowest BCUT2D eigenvalue weighted by Gasteiger charge is -2.26. The summed E-state index contributed by atoms with van der Waals surface area (Å²) in [5.74, 6) is 0.687. The average molecular weight is 394 g/mol. The van der Waals surface area contributed by atoms with Crippen LogP contribution < -0.4 is 10.1 Å². The summed E-state index contributed by atoms with van der Waals surface area (Å²) < 4.78 is 12.4. The van der Waals surface area contributed by atoms with E-state index in [-0.39, 0.29) is 5.91 Å². The van der Waals surface area contributed by atoms with E-state index in [1.807, 2.05) is 37.4 Å². The maximum Gasteiger partial charge on any atom is 0.271 e. The molecule has 1 saturated heterocycles. The molecule has 1 fully saturated rings. The highest BCUT2D eigenvalue weighted by Crippen LogP contribution is 2.27. The zero-order chi connectivity index (χ0) is 20.2. The molecule has 0 bridgehead atoms. The summed E-state index contributed by atoms with van der Waals surface area (Å²) in [6.45, 7) is 4.77. The Kier molecular flexibility index (Phi) is 5.78. The van der Waals surface area contributed by atoms with E-state index in [9.17, 15) is 4.79 Å². The van der Waals surface area contributed by atoms with Gasteiger partial charge in [0.2, 0.25) is 0 Å². The van der Waals surface area contributed by atoms with E-state index < -0.39 is 0 Å². The van der Waals surface area contributed by atoms with Gasteiger partial charge in [-0.2, -0.15) is 5.10 Å². The number of rotatable bonds is 6. The molecule has 0 saturated carbocycles. The Morgan fingerprint density at radius 2 is 1.90 bits per heavy atom. The van der Waals surface area contributed by atoms with Gasteiger partial charge >= 0.3 is 0 Å². The van der Waals surface area contributed by atoms with Crippen molar-refractivity contribution in [2.24, 2.45) is 7.05 Å². The average Bonchev–Trinajstić information content (AvgIpc) is 3.15. The summed E-state index contributed by atoms with van der Waals surface area (Å²) in [7, 11) is 3.52. The van der Waals surface area contributed by atoms with Crippen LogP contribution in [0.4, 0.5) is 0 Å². The van der Waals surface area contributed by atoms with Crippen molar-refractivity contribution in [3.05, 3.63) is 48.2 Å². The molecule has 0 spiro atoms. The molecule has 1 N–H and O–H groups in total. The van der Waals surface area contributed by atoms with Crippen molar-refractivity contribution in [3.63, 3.8) is 0 Å². The summed E-state index contributed by atoms with van der Waals surface area (Å²) in [5.41, 5.74) is 2.35. The number of hydrogen-bond donors (Lipinski definition) is 1. The fourth-order valence-electron chi connectivity index (χ4n) is 3.60. The van der Waals surface area contributed by atoms with E-state index in [1.54, 1.807) is 11.8 Å². The summed E-state index contributed by atoms with van der Waals surface area (Å²) in [6.07, 6.45) is 0. The second-order valence-electron chi connectivity index (χ2n) is 7.18. The SMILES string of the molecule is COc1ccc2cc(-c3cc(C(=O)NCCN4CCOCC4)nn3C)ccc2c1. The number of amides is 1. The summed E-state index contributed by atoms with van der Waals surface area (Å²) in [6, 6.07) is 14.0. The molecule has 2 heterocycles. The quantitative estimate of drug-likeness (QED) is 0.695. The van der Waals surface area contributed by atoms with Crippen molar-refractivity contribution < 1.29 is 14.3 Å². The predicted octanol–water partition coefficient (Wildman–Crippen LogP) is 2.31. The van der Waals surface area contributed by atoms with Crippen LogP contribution in [0.15, 0.2) is 42.5 Å². The first-order chi connectivity index (χ1) is 14.1. The van der Waals surface area contributed by atoms with Crippen LogP contribution in [0.2, 0.25) is 0 Å². The summed E-state index contributed by atoms with van der Waals surface area (Å²) in [5, 5.41) is 9.60. The lowest BCUT2D eigenvalue weighted by Crippen LogP contribution is -2.41. The van der Waals surface area contributed by atoms with Gasteiger partial charge in [0, 0.05) is 38.8 Å². The van der Waals surface area contributed by atoms with Gasteiger partial charge in [0.05, 0.1) is 26.0 Å². The third-order valence-corrected chi connectivity index (χ3v) is 5.27. The minimum atomic E-state index is -0.148. The van der Waals surface area contributed by atoms with Gasteiger partial charge in [-0.1, -0.05) is 18.2 Å². The molecular weight excluding hydrogens is 368 g/mol. The molecule has 3 aromatic rings. The summed E-state index contributed by atoms with van der Waals surface area (Å²) in [4.78, 5) is 14.8. The molecular formula is C22H26N4O3. The van der Waals surface area contributed by atoms with Crippen LogP contribution in [0, 0.1) is 0 Å². The smallest absolute Gasteiger partial charge is 0.271 e. The van der Waals surface area contributed by atoms with Gasteiger partial charge in [-0.15, -0.1) is 0 Å². The molecule has 0 unspecified atom stereocenters. The van der Waals surface area contributed by atoms with Crippen molar-refractivity contribution in [2.75, 3.05) is 46.5 Å². The first-order valence-electron chi connectivity index (χ1n) is 9.84. The van der Waals surface area contributed by atoms with Crippen LogP contribution in [-0.2, 0) is 11.8 Å². The second-order valence-corrected chi connectivity index (χ2v) is 7.18. The van der Waals surface area contributed by atoms with Gasteiger partial charge in [-0.05, 0) is 35.0 Å². The van der Waals surface area contributed by atoms with Gasteiger partial charge in [0.1, 0.15) is 5.75 Å². The number of aromatic nitrogens is 2. The maximum absolute atomic E-state index is 12.5. The normalized spacial score (nSPS) is 14.8. The topological polar surface area (TPSA) is 68.6 Å². The molecule has 7 heteroatoms. The Bertz CT molecular complexity index is 1010. The molecule has 7 nitrogen and oxygen atoms in total. The maximum atomic E-state index is 12.5. The van der Waals surface area contributed by atoms with E-state index in [1.165, 1.54) is 0 Å². The lowest BCUT2D eigenvalue weighted by molar-refractivity contribution is 0.0383. The van der Waals surface area contributed by atoms with Gasteiger partial charge in [-0.25, -0.2) is 0 Å². The number of carbonyl (C=O) groups excluding carboxylic acids is 1. The van der Waals surface area contributed by atoms with Crippen molar-refractivity contribution in [3.8, 4) is 17.0 Å². The predicted molar refractivity (Wildman–Crippen MR) is 112 cm³/mol. The van der Waals surface area contributed by atoms with Gasteiger partial charge in [0.15, 0.2) is 5.69 Å². The molecule has 1 aliphatic heterocycles. The van der Waals surface area contributed by atoms with Crippen LogP contribution in [0.1, 0.15) is 10.5 Å². The number of aryl methyl sites for hydroxylation is 1. The monoisotopic (exact) mass is 394 g/mol. The Morgan fingerprint density at radius 3 is 2.69 bits per heavy atom. The van der Waals surface area contributed by atoms with Crippen LogP contribution in [0.5, 0.6) is 5.75 Å². The van der Waals surface area contributed by atoms with Gasteiger partial charge in [-0.3, -0.25) is 14.4 Å². The van der Waals surface area contributed by atoms with E-state index in [2.05, 4.69) is 27.4 Å². The van der Waals surface area contributed by atoms with Crippen molar-refractivity contribution in [1.82, 2.24) is 20.0 Å². The van der Waals surface area contributed by atoms with Gasteiger partial charge < -0.3 is 14.8 Å². The third-order valence-electron chi connectivity index (χ3n) is 5.27. The Morgan fingerprint density at radius 1 is 1.14 bits per heavy atom. The molecule has 0 radical (unpaired) electrons. The molecule has 152 valence electrons. The third kappa shape index (κ3) is 4.41. The van der Waals surface area contributed by atoms with E-state index in [0.29, 0.717) is 12.2 Å². The highest BCUT2D eigenvalue weighted by Gasteiger charge is 2.15. The number of nitrogens with zero attached hydrogens (tertiary/aromatic N) is 3. The Hall–Kier alpha value is -2.90. The Balaban J connectivity index is 1.45. The number of carbonyl (C=O) groups is 1. The van der Waals surface area contributed by atoms with E-state index >= 15 is 0 Å². The molecule has 1 aliphatic rings. The first-order valence-corrected chi connectivity index (χ1v) is 9.84. The lowest BCUT2D eigenvalue weighted by atomic mass is 10.0.